The molecule has 5 nitrogen and oxygen atoms in total. The maximum Gasteiger partial charge on any atom is 0.315 e. The zero-order valence-corrected chi connectivity index (χ0v) is 7.99. The summed E-state index contributed by atoms with van der Waals surface area (Å²) in [5.74, 6) is 1.54. The van der Waals surface area contributed by atoms with Crippen LogP contribution in [0.5, 0.6) is 0 Å². The SMILES string of the molecule is C[C](CC1CC1)c1noc(C(N)=O)n1. The largest absolute Gasteiger partial charge is 0.361 e. The lowest BCUT2D eigenvalue weighted by atomic mass is 10.0. The second kappa shape index (κ2) is 3.40. The molecule has 2 N–H and O–H groups in total. The summed E-state index contributed by atoms with van der Waals surface area (Å²) in [7, 11) is 0. The minimum atomic E-state index is -0.678. The van der Waals surface area contributed by atoms with Gasteiger partial charge >= 0.3 is 11.8 Å². The van der Waals surface area contributed by atoms with Gasteiger partial charge in [0.05, 0.1) is 0 Å². The number of carbonyl (C=O) groups is 1. The minimum Gasteiger partial charge on any atom is -0.361 e. The van der Waals surface area contributed by atoms with Gasteiger partial charge in [-0.25, -0.2) is 0 Å². The smallest absolute Gasteiger partial charge is 0.315 e. The van der Waals surface area contributed by atoms with Crippen molar-refractivity contribution in [2.24, 2.45) is 11.7 Å². The van der Waals surface area contributed by atoms with E-state index in [2.05, 4.69) is 10.1 Å². The van der Waals surface area contributed by atoms with Crippen LogP contribution in [0.15, 0.2) is 4.52 Å². The number of hydrogen-bond donors (Lipinski definition) is 1. The first-order valence-electron chi connectivity index (χ1n) is 4.63. The van der Waals surface area contributed by atoms with E-state index in [-0.39, 0.29) is 5.89 Å². The summed E-state index contributed by atoms with van der Waals surface area (Å²) < 4.78 is 4.69. The molecule has 1 amide bonds. The molecule has 0 spiro atoms. The number of hydrogen-bond acceptors (Lipinski definition) is 4. The van der Waals surface area contributed by atoms with Crippen molar-refractivity contribution in [3.63, 3.8) is 0 Å². The van der Waals surface area contributed by atoms with Crippen molar-refractivity contribution in [3.8, 4) is 0 Å². The quantitative estimate of drug-likeness (QED) is 0.772. The third kappa shape index (κ3) is 1.92. The summed E-state index contributed by atoms with van der Waals surface area (Å²) in [4.78, 5) is 14.6. The van der Waals surface area contributed by atoms with E-state index in [9.17, 15) is 4.79 Å². The standard InChI is InChI=1S/C9H12N3O2/c1-5(4-6-2-3-6)8-11-9(7(10)13)14-12-8/h6H,2-4H2,1H3,(H2,10,13). The van der Waals surface area contributed by atoms with E-state index in [0.717, 1.165) is 18.3 Å². The molecule has 0 bridgehead atoms. The summed E-state index contributed by atoms with van der Waals surface area (Å²) in [6, 6.07) is 0. The molecule has 1 heterocycles. The van der Waals surface area contributed by atoms with Crippen molar-refractivity contribution < 1.29 is 9.32 Å². The Morgan fingerprint density at radius 2 is 2.36 bits per heavy atom. The maximum atomic E-state index is 10.7. The zero-order valence-electron chi connectivity index (χ0n) is 7.99. The predicted octanol–water partition coefficient (Wildman–Crippen LogP) is 0.911. The third-order valence-electron chi connectivity index (χ3n) is 2.31. The van der Waals surface area contributed by atoms with Crippen LogP contribution in [-0.4, -0.2) is 16.0 Å². The molecule has 1 saturated carbocycles. The molecule has 1 aromatic rings. The summed E-state index contributed by atoms with van der Waals surface area (Å²) in [6.07, 6.45) is 3.54. The fourth-order valence-electron chi connectivity index (χ4n) is 1.34. The van der Waals surface area contributed by atoms with Crippen LogP contribution in [0.1, 0.15) is 42.7 Å². The van der Waals surface area contributed by atoms with Crippen molar-refractivity contribution in [3.05, 3.63) is 17.6 Å². The molecule has 75 valence electrons. The molecule has 5 heteroatoms. The van der Waals surface area contributed by atoms with Gasteiger partial charge in [0, 0.05) is 5.92 Å². The van der Waals surface area contributed by atoms with Crippen LogP contribution >= 0.6 is 0 Å². The molecule has 1 aromatic heterocycles. The molecule has 1 aliphatic carbocycles. The first kappa shape index (κ1) is 9.18. The Bertz CT molecular complexity index is 344. The van der Waals surface area contributed by atoms with Gasteiger partial charge in [0.15, 0.2) is 5.82 Å². The van der Waals surface area contributed by atoms with Gasteiger partial charge in [-0.1, -0.05) is 24.9 Å². The van der Waals surface area contributed by atoms with Crippen LogP contribution in [-0.2, 0) is 0 Å². The number of nitrogens with zero attached hydrogens (tertiary/aromatic N) is 2. The molecule has 1 aliphatic rings. The number of amides is 1. The lowest BCUT2D eigenvalue weighted by molar-refractivity contribution is 0.0958. The second-order valence-electron chi connectivity index (χ2n) is 3.72. The van der Waals surface area contributed by atoms with Gasteiger partial charge in [-0.3, -0.25) is 4.79 Å². The van der Waals surface area contributed by atoms with Gasteiger partial charge in [0.1, 0.15) is 0 Å². The second-order valence-corrected chi connectivity index (χ2v) is 3.72. The molecule has 14 heavy (non-hydrogen) atoms. The van der Waals surface area contributed by atoms with Crippen LogP contribution in [0, 0.1) is 11.8 Å². The number of nitrogens with two attached hydrogens (primary N) is 1. The van der Waals surface area contributed by atoms with Gasteiger partial charge in [0.25, 0.3) is 0 Å². The van der Waals surface area contributed by atoms with Crippen LogP contribution in [0.25, 0.3) is 0 Å². The number of rotatable bonds is 4. The predicted molar refractivity (Wildman–Crippen MR) is 48.2 cm³/mol. The van der Waals surface area contributed by atoms with E-state index in [1.807, 2.05) is 6.92 Å². The monoisotopic (exact) mass is 194 g/mol. The van der Waals surface area contributed by atoms with Gasteiger partial charge in [-0.05, 0) is 12.3 Å². The third-order valence-corrected chi connectivity index (χ3v) is 2.31. The van der Waals surface area contributed by atoms with E-state index < -0.39 is 5.91 Å². The molecule has 0 aromatic carbocycles. The molecule has 0 saturated heterocycles. The Hall–Kier alpha value is -1.39. The fraction of sp³-hybridized carbons (Fsp3) is 0.556. The van der Waals surface area contributed by atoms with E-state index in [1.54, 1.807) is 0 Å². The van der Waals surface area contributed by atoms with Crippen molar-refractivity contribution in [1.82, 2.24) is 10.1 Å². The maximum absolute atomic E-state index is 10.7. The van der Waals surface area contributed by atoms with Gasteiger partial charge in [-0.2, -0.15) is 4.98 Å². The van der Waals surface area contributed by atoms with Crippen LogP contribution < -0.4 is 5.73 Å². The Balaban J connectivity index is 2.03. The highest BCUT2D eigenvalue weighted by molar-refractivity contribution is 5.87. The minimum absolute atomic E-state index is 0.116. The lowest BCUT2D eigenvalue weighted by Crippen LogP contribution is -2.11. The fourth-order valence-corrected chi connectivity index (χ4v) is 1.34. The number of primary amides is 1. The van der Waals surface area contributed by atoms with E-state index in [4.69, 9.17) is 10.3 Å². The molecular formula is C9H12N3O2. The average molecular weight is 194 g/mol. The highest BCUT2D eigenvalue weighted by Gasteiger charge is 2.27. The van der Waals surface area contributed by atoms with Gasteiger partial charge in [-0.15, -0.1) is 0 Å². The van der Waals surface area contributed by atoms with E-state index >= 15 is 0 Å². The molecule has 1 fully saturated rings. The topological polar surface area (TPSA) is 82.0 Å². The van der Waals surface area contributed by atoms with Crippen molar-refractivity contribution in [1.29, 1.82) is 0 Å². The van der Waals surface area contributed by atoms with Crippen LogP contribution in [0.2, 0.25) is 0 Å². The van der Waals surface area contributed by atoms with Crippen molar-refractivity contribution >= 4 is 5.91 Å². The highest BCUT2D eigenvalue weighted by Crippen LogP contribution is 2.37. The van der Waals surface area contributed by atoms with Gasteiger partial charge < -0.3 is 10.3 Å². The molecule has 0 unspecified atom stereocenters. The van der Waals surface area contributed by atoms with Crippen molar-refractivity contribution in [2.75, 3.05) is 0 Å². The number of carbonyl (C=O) groups excluding carboxylic acids is 1. The van der Waals surface area contributed by atoms with E-state index in [1.165, 1.54) is 12.8 Å². The molecule has 0 atom stereocenters. The summed E-state index contributed by atoms with van der Waals surface area (Å²) in [6.45, 7) is 1.95. The average Bonchev–Trinajstić information content (AvgIpc) is 2.81. The first-order chi connectivity index (χ1) is 6.66. The summed E-state index contributed by atoms with van der Waals surface area (Å²) >= 11 is 0. The highest BCUT2D eigenvalue weighted by atomic mass is 16.5. The molecule has 2 rings (SSSR count). The first-order valence-corrected chi connectivity index (χ1v) is 4.63. The lowest BCUT2D eigenvalue weighted by Gasteiger charge is -2.02. The summed E-state index contributed by atoms with van der Waals surface area (Å²) in [5.41, 5.74) is 5.00. The molecule has 0 aliphatic heterocycles. The van der Waals surface area contributed by atoms with E-state index in [0.29, 0.717) is 5.82 Å². The van der Waals surface area contributed by atoms with Gasteiger partial charge in [0.2, 0.25) is 0 Å². The Kier molecular flexibility index (Phi) is 2.23. The Morgan fingerprint density at radius 3 is 2.86 bits per heavy atom. The van der Waals surface area contributed by atoms with Crippen LogP contribution in [0.3, 0.4) is 0 Å². The van der Waals surface area contributed by atoms with Crippen LogP contribution in [0.4, 0.5) is 0 Å². The summed E-state index contributed by atoms with van der Waals surface area (Å²) in [5, 5.41) is 3.69. The molecule has 1 radical (unpaired) electrons. The number of aromatic nitrogens is 2. The molecular weight excluding hydrogens is 182 g/mol. The van der Waals surface area contributed by atoms with Crippen molar-refractivity contribution in [2.45, 2.75) is 26.2 Å². The normalized spacial score (nSPS) is 16.1. The Morgan fingerprint density at radius 1 is 1.64 bits per heavy atom. The Labute approximate surface area is 81.7 Å². The zero-order chi connectivity index (χ0) is 10.1.